The van der Waals surface area contributed by atoms with Gasteiger partial charge in [0.25, 0.3) is 0 Å². The summed E-state index contributed by atoms with van der Waals surface area (Å²) in [6.45, 7) is 4.56. The molecule has 0 aliphatic rings. The van der Waals surface area contributed by atoms with Gasteiger partial charge in [-0.25, -0.2) is 0 Å². The van der Waals surface area contributed by atoms with Gasteiger partial charge in [0.1, 0.15) is 0 Å². The highest BCUT2D eigenvalue weighted by Gasteiger charge is 2.00. The normalized spacial score (nSPS) is 10.9. The fraction of sp³-hybridized carbons (Fsp3) is 0.952. The smallest absolute Gasteiger partial charge is 0.305 e. The van der Waals surface area contributed by atoms with Crippen LogP contribution in [0.3, 0.4) is 0 Å². The average molecular weight is 653 g/mol. The number of esters is 2. The Balaban J connectivity index is 0. The number of carbonyl (C=O) groups excluding carboxylic acids is 2. The van der Waals surface area contributed by atoms with Crippen LogP contribution in [0, 0.1) is 0 Å². The van der Waals surface area contributed by atoms with Crippen molar-refractivity contribution in [3.8, 4) is 0 Å². The summed E-state index contributed by atoms with van der Waals surface area (Å²) in [5.41, 5.74) is 0. The molecule has 0 aliphatic heterocycles. The molecular weight excluding hydrogens is 568 g/mol. The number of rotatable bonds is 36. The van der Waals surface area contributed by atoms with Gasteiger partial charge in [-0.1, -0.05) is 219 Å². The van der Waals surface area contributed by atoms with Crippen molar-refractivity contribution >= 4 is 11.9 Å². The maximum absolute atomic E-state index is 11.0. The van der Waals surface area contributed by atoms with Gasteiger partial charge >= 0.3 is 11.9 Å². The summed E-state index contributed by atoms with van der Waals surface area (Å²) in [6.07, 6.45) is 47.8. The Morgan fingerprint density at radius 3 is 0.587 bits per heavy atom. The molecule has 0 aromatic carbocycles. The van der Waals surface area contributed by atoms with Crippen molar-refractivity contribution in [1.29, 1.82) is 0 Å². The third-order valence-corrected chi connectivity index (χ3v) is 9.42. The predicted octanol–water partition coefficient (Wildman–Crippen LogP) is 14.4. The largest absolute Gasteiger partial charge is 0.469 e. The molecule has 46 heavy (non-hydrogen) atoms. The zero-order valence-electron chi connectivity index (χ0n) is 32.1. The molecule has 0 amide bonds. The first-order valence-corrected chi connectivity index (χ1v) is 20.8. The van der Waals surface area contributed by atoms with E-state index in [1.165, 1.54) is 220 Å². The summed E-state index contributed by atoms with van der Waals surface area (Å²) in [4.78, 5) is 21.9. The van der Waals surface area contributed by atoms with Gasteiger partial charge in [-0.3, -0.25) is 9.59 Å². The van der Waals surface area contributed by atoms with Gasteiger partial charge in [0, 0.05) is 12.8 Å². The second kappa shape index (κ2) is 43.9. The van der Waals surface area contributed by atoms with Crippen LogP contribution in [0.4, 0.5) is 0 Å². The first-order valence-electron chi connectivity index (χ1n) is 20.8. The zero-order chi connectivity index (χ0) is 34.0. The molecule has 0 radical (unpaired) electrons. The molecule has 276 valence electrons. The standard InChI is InChI=1S/C23H46O2.C19H38O2/c1-3-4-5-6-7-8-9-10-11-12-13-14-15-16-17-18-19-20-21-22-23(24)25-2;1-3-4-5-6-7-8-9-10-11-12-13-14-15-16-17-18-19(20)21-2/h3-22H2,1-2H3;3-18H2,1-2H3. The van der Waals surface area contributed by atoms with Crippen LogP contribution in [0.5, 0.6) is 0 Å². The molecular formula is C42H84O4. The summed E-state index contributed by atoms with van der Waals surface area (Å²) < 4.78 is 9.28. The lowest BCUT2D eigenvalue weighted by Gasteiger charge is -2.04. The molecule has 0 atom stereocenters. The van der Waals surface area contributed by atoms with E-state index in [0.717, 1.165) is 12.8 Å². The number of unbranched alkanes of at least 4 members (excludes halogenated alkanes) is 32. The second-order valence-corrected chi connectivity index (χ2v) is 14.0. The fourth-order valence-electron chi connectivity index (χ4n) is 6.19. The number of carbonyl (C=O) groups is 2. The van der Waals surface area contributed by atoms with Gasteiger partial charge in [-0.15, -0.1) is 0 Å². The van der Waals surface area contributed by atoms with E-state index in [1.807, 2.05) is 0 Å². The van der Waals surface area contributed by atoms with Gasteiger partial charge in [0.15, 0.2) is 0 Å². The van der Waals surface area contributed by atoms with Crippen LogP contribution in [-0.4, -0.2) is 26.2 Å². The first-order chi connectivity index (χ1) is 22.6. The molecule has 0 saturated heterocycles. The maximum Gasteiger partial charge on any atom is 0.305 e. The summed E-state index contributed by atoms with van der Waals surface area (Å²) in [6, 6.07) is 0. The maximum atomic E-state index is 11.0. The molecule has 4 heteroatoms. The zero-order valence-corrected chi connectivity index (χ0v) is 32.1. The molecule has 0 aliphatic carbocycles. The van der Waals surface area contributed by atoms with Crippen LogP contribution in [-0.2, 0) is 19.1 Å². The van der Waals surface area contributed by atoms with Crippen molar-refractivity contribution in [2.75, 3.05) is 14.2 Å². The molecule has 0 fully saturated rings. The lowest BCUT2D eigenvalue weighted by atomic mass is 10.0. The minimum Gasteiger partial charge on any atom is -0.469 e. The van der Waals surface area contributed by atoms with E-state index < -0.39 is 0 Å². The Bertz CT molecular complexity index is 576. The van der Waals surface area contributed by atoms with Crippen LogP contribution in [0.2, 0.25) is 0 Å². The van der Waals surface area contributed by atoms with E-state index in [2.05, 4.69) is 23.3 Å². The lowest BCUT2D eigenvalue weighted by molar-refractivity contribution is -0.141. The molecule has 0 aromatic heterocycles. The van der Waals surface area contributed by atoms with E-state index in [9.17, 15) is 9.59 Å². The second-order valence-electron chi connectivity index (χ2n) is 14.0. The van der Waals surface area contributed by atoms with Crippen LogP contribution in [0.25, 0.3) is 0 Å². The predicted molar refractivity (Wildman–Crippen MR) is 202 cm³/mol. The molecule has 0 spiro atoms. The topological polar surface area (TPSA) is 52.6 Å². The average Bonchev–Trinajstić information content (AvgIpc) is 3.07. The van der Waals surface area contributed by atoms with Crippen molar-refractivity contribution in [2.24, 2.45) is 0 Å². The third-order valence-electron chi connectivity index (χ3n) is 9.42. The third kappa shape index (κ3) is 45.1. The summed E-state index contributed by atoms with van der Waals surface area (Å²) in [7, 11) is 2.94. The Hall–Kier alpha value is -1.06. The lowest BCUT2D eigenvalue weighted by Crippen LogP contribution is -1.99. The Morgan fingerprint density at radius 2 is 0.435 bits per heavy atom. The SMILES string of the molecule is CCCCCCCCCCCCCCCCCC(=O)OC.CCCCCCCCCCCCCCCCCCCCCC(=O)OC. The fourth-order valence-corrected chi connectivity index (χ4v) is 6.19. The van der Waals surface area contributed by atoms with E-state index >= 15 is 0 Å². The first kappa shape index (κ1) is 47.1. The van der Waals surface area contributed by atoms with Gasteiger partial charge in [0.05, 0.1) is 14.2 Å². The van der Waals surface area contributed by atoms with E-state index in [4.69, 9.17) is 0 Å². The number of ether oxygens (including phenoxy) is 2. The van der Waals surface area contributed by atoms with Crippen molar-refractivity contribution < 1.29 is 19.1 Å². The molecule has 4 nitrogen and oxygen atoms in total. The molecule has 0 heterocycles. The quantitative estimate of drug-likeness (QED) is 0.0499. The van der Waals surface area contributed by atoms with Gasteiger partial charge in [0.2, 0.25) is 0 Å². The Kier molecular flexibility index (Phi) is 45.0. The summed E-state index contributed by atoms with van der Waals surface area (Å²) >= 11 is 0. The van der Waals surface area contributed by atoms with E-state index in [0.29, 0.717) is 12.8 Å². The van der Waals surface area contributed by atoms with Crippen LogP contribution >= 0.6 is 0 Å². The minimum absolute atomic E-state index is 0.0630. The molecule has 0 aromatic rings. The molecule has 0 rings (SSSR count). The monoisotopic (exact) mass is 653 g/mol. The van der Waals surface area contributed by atoms with E-state index in [1.54, 1.807) is 0 Å². The highest BCUT2D eigenvalue weighted by atomic mass is 16.5. The number of hydrogen-bond acceptors (Lipinski definition) is 4. The highest BCUT2D eigenvalue weighted by Crippen LogP contribution is 2.16. The molecule has 0 unspecified atom stereocenters. The molecule has 0 bridgehead atoms. The van der Waals surface area contributed by atoms with Gasteiger partial charge < -0.3 is 9.47 Å². The van der Waals surface area contributed by atoms with E-state index in [-0.39, 0.29) is 11.9 Å². The van der Waals surface area contributed by atoms with Gasteiger partial charge in [-0.05, 0) is 12.8 Å². The van der Waals surface area contributed by atoms with Crippen molar-refractivity contribution in [1.82, 2.24) is 0 Å². The number of methoxy groups -OCH3 is 2. The van der Waals surface area contributed by atoms with Crippen LogP contribution < -0.4 is 0 Å². The Morgan fingerprint density at radius 1 is 0.283 bits per heavy atom. The minimum atomic E-state index is -0.0651. The van der Waals surface area contributed by atoms with Crippen LogP contribution in [0.15, 0.2) is 0 Å². The summed E-state index contributed by atoms with van der Waals surface area (Å²) in [5.74, 6) is -0.128. The summed E-state index contributed by atoms with van der Waals surface area (Å²) in [5, 5.41) is 0. The van der Waals surface area contributed by atoms with Crippen molar-refractivity contribution in [2.45, 2.75) is 245 Å². The van der Waals surface area contributed by atoms with Crippen molar-refractivity contribution in [3.63, 3.8) is 0 Å². The molecule has 0 N–H and O–H groups in total. The van der Waals surface area contributed by atoms with Gasteiger partial charge in [-0.2, -0.15) is 0 Å². The van der Waals surface area contributed by atoms with Crippen molar-refractivity contribution in [3.05, 3.63) is 0 Å². The molecule has 0 saturated carbocycles. The number of hydrogen-bond donors (Lipinski definition) is 0. The van der Waals surface area contributed by atoms with Crippen LogP contribution in [0.1, 0.15) is 245 Å². The Labute approximate surface area is 289 Å². The highest BCUT2D eigenvalue weighted by molar-refractivity contribution is 5.69.